The Morgan fingerprint density at radius 2 is 0.548 bits per heavy atom. The molecule has 0 unspecified atom stereocenters. The molecule has 0 amide bonds. The molecule has 328 valence electrons. The van der Waals surface area contributed by atoms with Gasteiger partial charge in [0.1, 0.15) is 52.7 Å². The van der Waals surface area contributed by atoms with Crippen LogP contribution in [0.4, 0.5) is 101 Å². The van der Waals surface area contributed by atoms with E-state index in [0.29, 0.717) is 6.54 Å². The molecule has 1 heterocycles. The molecule has 0 N–H and O–H groups in total. The first-order valence-electron chi connectivity index (χ1n) is 16.1. The molecule has 5 aromatic carbocycles. The van der Waals surface area contributed by atoms with E-state index >= 15 is 35.1 Å². The van der Waals surface area contributed by atoms with Crippen LogP contribution in [0.5, 0.6) is 0 Å². The summed E-state index contributed by atoms with van der Waals surface area (Å²) >= 11 is 0. The number of rotatable bonds is 6. The zero-order valence-corrected chi connectivity index (χ0v) is 29.1. The minimum Gasteiger partial charge on any atom is -0.207 e. The Morgan fingerprint density at radius 1 is 0.323 bits per heavy atom. The minimum absolute atomic E-state index is 0.568. The maximum Gasteiger partial charge on any atom is 0.416 e. The van der Waals surface area contributed by atoms with Crippen molar-refractivity contribution in [2.24, 2.45) is 0 Å². The zero-order valence-electron chi connectivity index (χ0n) is 29.1. The van der Waals surface area contributed by atoms with Crippen LogP contribution in [-0.2, 0) is 12.7 Å². The molecule has 0 bridgehead atoms. The van der Waals surface area contributed by atoms with E-state index in [1.54, 1.807) is 0 Å². The Morgan fingerprint density at radius 3 is 0.774 bits per heavy atom. The Labute approximate surface area is 328 Å². The third kappa shape index (κ3) is 7.43. The van der Waals surface area contributed by atoms with Crippen molar-refractivity contribution in [3.05, 3.63) is 182 Å². The van der Waals surface area contributed by atoms with Gasteiger partial charge in [-0.2, -0.15) is 13.2 Å². The third-order valence-electron chi connectivity index (χ3n) is 9.13. The molecule has 25 heteroatoms. The maximum absolute atomic E-state index is 15.4. The predicted octanol–water partition coefficient (Wildman–Crippen LogP) is 8.89. The molecule has 6 rings (SSSR count). The first kappa shape index (κ1) is 46.8. The van der Waals surface area contributed by atoms with Crippen LogP contribution in [0.1, 0.15) is 11.1 Å². The molecule has 1 nitrogen and oxygen atoms in total. The average molecular weight is 917 g/mol. The van der Waals surface area contributed by atoms with E-state index in [9.17, 15) is 65.9 Å². The fourth-order valence-corrected chi connectivity index (χ4v) is 6.42. The first-order chi connectivity index (χ1) is 28.8. The van der Waals surface area contributed by atoms with Crippen molar-refractivity contribution >= 4 is 28.0 Å². The zero-order chi connectivity index (χ0) is 46.7. The van der Waals surface area contributed by atoms with Crippen LogP contribution in [0, 0.1) is 116 Å². The summed E-state index contributed by atoms with van der Waals surface area (Å²) in [5.74, 6) is -71.4. The van der Waals surface area contributed by atoms with E-state index in [-0.39, 0.29) is 0 Å². The van der Waals surface area contributed by atoms with Crippen LogP contribution in [0.25, 0.3) is 0 Å². The van der Waals surface area contributed by atoms with E-state index in [2.05, 4.69) is 0 Å². The lowest BCUT2D eigenvalue weighted by Crippen LogP contribution is -2.81. The molecular weight excluding hydrogens is 906 g/mol. The van der Waals surface area contributed by atoms with E-state index in [4.69, 9.17) is 0 Å². The summed E-state index contributed by atoms with van der Waals surface area (Å²) in [6.07, 6.45) is -7.74. The summed E-state index contributed by atoms with van der Waals surface area (Å²) in [5, 5.41) is 0. The fraction of sp³-hybridized carbons (Fsp3) is 0.0541. The normalized spacial score (nSPS) is 11.9. The molecule has 0 aliphatic heterocycles. The molecule has 1 aromatic heterocycles. The highest BCUT2D eigenvalue weighted by Crippen LogP contribution is 2.31. The number of aromatic nitrogens is 1. The second kappa shape index (κ2) is 16.9. The molecule has 0 radical (unpaired) electrons. The first-order valence-corrected chi connectivity index (χ1v) is 16.1. The van der Waals surface area contributed by atoms with Crippen LogP contribution in [0.15, 0.2) is 54.9 Å². The van der Waals surface area contributed by atoms with Crippen molar-refractivity contribution in [2.75, 3.05) is 0 Å². The van der Waals surface area contributed by atoms with Crippen molar-refractivity contribution < 1.29 is 106 Å². The Bertz CT molecular complexity index is 2360. The van der Waals surface area contributed by atoms with Gasteiger partial charge in [-0.05, 0) is 12.1 Å². The number of hydrogen-bond donors (Lipinski definition) is 0. The molecule has 0 fully saturated rings. The van der Waals surface area contributed by atoms with Gasteiger partial charge in [0.15, 0.2) is 88.7 Å². The quantitative estimate of drug-likeness (QED) is 0.0518. The van der Waals surface area contributed by atoms with E-state index in [0.717, 1.165) is 17.7 Å². The summed E-state index contributed by atoms with van der Waals surface area (Å²) < 4.78 is 333. The summed E-state index contributed by atoms with van der Waals surface area (Å²) in [7, 11) is 0. The highest BCUT2D eigenvalue weighted by atomic mass is 19.4. The highest BCUT2D eigenvalue weighted by Gasteiger charge is 2.52. The van der Waals surface area contributed by atoms with Crippen LogP contribution < -0.4 is 26.4 Å². The smallest absolute Gasteiger partial charge is 0.207 e. The molecule has 6 aromatic rings. The summed E-state index contributed by atoms with van der Waals surface area (Å²) in [6.45, 7) is 0.568. The number of hydrogen-bond acceptors (Lipinski definition) is 0. The van der Waals surface area contributed by atoms with Gasteiger partial charge in [-0.15, -0.1) is 21.9 Å². The number of halogens is 23. The van der Waals surface area contributed by atoms with Crippen LogP contribution in [-0.4, -0.2) is 6.15 Å². The second-order valence-corrected chi connectivity index (χ2v) is 12.5. The predicted molar refractivity (Wildman–Crippen MR) is 166 cm³/mol. The summed E-state index contributed by atoms with van der Waals surface area (Å²) in [5.41, 5.74) is -14.1. The number of pyridine rings is 1. The van der Waals surface area contributed by atoms with E-state index in [1.165, 1.54) is 12.1 Å². The van der Waals surface area contributed by atoms with Crippen LogP contribution >= 0.6 is 0 Å². The number of alkyl halides is 3. The Balaban J connectivity index is 0.000000355. The van der Waals surface area contributed by atoms with Gasteiger partial charge in [-0.1, -0.05) is 18.2 Å². The highest BCUT2D eigenvalue weighted by molar-refractivity contribution is 7.20. The minimum atomic E-state index is -7.22. The van der Waals surface area contributed by atoms with Gasteiger partial charge >= 0.3 is 6.18 Å². The molecule has 0 saturated carbocycles. The third-order valence-corrected chi connectivity index (χ3v) is 9.13. The molecule has 62 heavy (non-hydrogen) atoms. The van der Waals surface area contributed by atoms with Crippen LogP contribution in [0.3, 0.4) is 0 Å². The van der Waals surface area contributed by atoms with Gasteiger partial charge in [0, 0.05) is 17.7 Å². The van der Waals surface area contributed by atoms with Crippen molar-refractivity contribution in [1.29, 1.82) is 0 Å². The van der Waals surface area contributed by atoms with Crippen LogP contribution in [0.2, 0.25) is 0 Å². The lowest BCUT2D eigenvalue weighted by Gasteiger charge is -2.44. The van der Waals surface area contributed by atoms with Crippen molar-refractivity contribution in [3.8, 4) is 0 Å². The van der Waals surface area contributed by atoms with Crippen molar-refractivity contribution in [1.82, 2.24) is 0 Å². The fourth-order valence-electron chi connectivity index (χ4n) is 6.42. The maximum atomic E-state index is 15.4. The average Bonchev–Trinajstić information content (AvgIpc) is 3.24. The number of nitrogens with zero attached hydrogens (tertiary/aromatic N) is 1. The SMILES string of the molecule is FC(F)(F)c1ccc(C[n+]2ccccc2)cc1.Fc1c(F)c(F)c([B-](c2c(F)c(F)c(F)c(F)c2F)(c2c(F)c(F)c(F)c(F)c2F)c2c(F)c(F)c(F)c(F)c2F)c(F)c1F. The number of benzene rings is 5. The van der Waals surface area contributed by atoms with Gasteiger partial charge in [-0.25, -0.2) is 92.4 Å². The molecule has 0 aliphatic rings. The molecule has 0 aliphatic carbocycles. The van der Waals surface area contributed by atoms with E-state index < -0.39 is 156 Å². The summed E-state index contributed by atoms with van der Waals surface area (Å²) in [6, 6.07) is 10.9. The molecular formula is C37H11BF23N. The lowest BCUT2D eigenvalue weighted by molar-refractivity contribution is -0.688. The van der Waals surface area contributed by atoms with Crippen molar-refractivity contribution in [2.45, 2.75) is 12.7 Å². The summed E-state index contributed by atoms with van der Waals surface area (Å²) in [4.78, 5) is 0. The van der Waals surface area contributed by atoms with Gasteiger partial charge in [-0.3, -0.25) is 0 Å². The van der Waals surface area contributed by atoms with Gasteiger partial charge in [0.25, 0.3) is 0 Å². The Kier molecular flexibility index (Phi) is 12.7. The topological polar surface area (TPSA) is 3.88 Å². The molecule has 0 saturated heterocycles. The van der Waals surface area contributed by atoms with Gasteiger partial charge in [0.2, 0.25) is 0 Å². The van der Waals surface area contributed by atoms with E-state index in [1.807, 2.05) is 35.2 Å². The molecule has 0 spiro atoms. The Hall–Kier alpha value is -6.30. The monoisotopic (exact) mass is 917 g/mol. The van der Waals surface area contributed by atoms with Gasteiger partial charge in [0.05, 0.1) is 5.56 Å². The lowest BCUT2D eigenvalue weighted by atomic mass is 9.12. The van der Waals surface area contributed by atoms with Gasteiger partial charge < -0.3 is 0 Å². The second-order valence-electron chi connectivity index (χ2n) is 12.5. The standard InChI is InChI=1S/C24BF20.C13H11F3N/c26-5-1(6(27)14(35)21(42)13(5)34)25(2-7(28)15(36)22(43)16(37)8(2)29,3-9(30)17(38)23(44)18(39)10(3)31)4-11(32)19(40)24(45)20(41)12(4)33;14-13(15,16)12-6-4-11(5-7-12)10-17-8-2-1-3-9-17/h;1-9H,10H2/q-1;+1. The van der Waals surface area contributed by atoms with Crippen molar-refractivity contribution in [3.63, 3.8) is 0 Å². The molecule has 0 atom stereocenters. The largest absolute Gasteiger partial charge is 0.416 e.